The van der Waals surface area contributed by atoms with Gasteiger partial charge in [0.2, 0.25) is 5.91 Å². The molecule has 0 saturated carbocycles. The number of amides is 1. The van der Waals surface area contributed by atoms with Crippen molar-refractivity contribution in [2.45, 2.75) is 65.5 Å². The van der Waals surface area contributed by atoms with Gasteiger partial charge in [0.15, 0.2) is 0 Å². The van der Waals surface area contributed by atoms with Gasteiger partial charge in [-0.25, -0.2) is 0 Å². The van der Waals surface area contributed by atoms with Gasteiger partial charge in [0.05, 0.1) is 12.6 Å². The number of aliphatic hydroxyl groups excluding tert-OH is 1. The standard InChI is InChI=1S/C36H47N3O2/c1-27(2)23-38(25-32(40)21-28-11-7-6-8-12-28)26-35(41)39(24-29-15-17-31(18-16-29)36(3,4)5)20-19-30-22-37-34-14-10-9-13-33(30)34/h6-18,22,27,32,37,40H,19-21,23-26H2,1-5H3. The lowest BCUT2D eigenvalue weighted by atomic mass is 9.87. The van der Waals surface area contributed by atoms with Crippen molar-refractivity contribution in [2.75, 3.05) is 26.2 Å². The van der Waals surface area contributed by atoms with E-state index in [1.54, 1.807) is 0 Å². The smallest absolute Gasteiger partial charge is 0.237 e. The van der Waals surface area contributed by atoms with Crippen LogP contribution < -0.4 is 0 Å². The van der Waals surface area contributed by atoms with Gasteiger partial charge in [0.25, 0.3) is 0 Å². The maximum Gasteiger partial charge on any atom is 0.237 e. The van der Waals surface area contributed by atoms with E-state index in [9.17, 15) is 9.90 Å². The van der Waals surface area contributed by atoms with E-state index in [0.29, 0.717) is 32.0 Å². The molecule has 1 aromatic heterocycles. The van der Waals surface area contributed by atoms with Gasteiger partial charge in [-0.05, 0) is 52.5 Å². The zero-order valence-electron chi connectivity index (χ0n) is 25.4. The third-order valence-corrected chi connectivity index (χ3v) is 7.64. The number of nitrogens with one attached hydrogen (secondary N) is 1. The molecule has 1 atom stereocenters. The summed E-state index contributed by atoms with van der Waals surface area (Å²) in [5.41, 5.74) is 5.95. The number of aromatic amines is 1. The van der Waals surface area contributed by atoms with Crippen LogP contribution in [0.4, 0.5) is 0 Å². The molecule has 0 fully saturated rings. The maximum absolute atomic E-state index is 13.9. The van der Waals surface area contributed by atoms with E-state index in [1.165, 1.54) is 16.5 Å². The molecule has 0 bridgehead atoms. The number of carbonyl (C=O) groups excluding carboxylic acids is 1. The minimum absolute atomic E-state index is 0.0846. The molecule has 3 aromatic carbocycles. The zero-order chi connectivity index (χ0) is 29.4. The van der Waals surface area contributed by atoms with Crippen molar-refractivity contribution in [2.24, 2.45) is 5.92 Å². The lowest BCUT2D eigenvalue weighted by Crippen LogP contribution is -2.45. The lowest BCUT2D eigenvalue weighted by Gasteiger charge is -2.30. The molecule has 2 N–H and O–H groups in total. The second kappa shape index (κ2) is 14.0. The average molecular weight is 554 g/mol. The van der Waals surface area contributed by atoms with Gasteiger partial charge in [-0.2, -0.15) is 0 Å². The molecule has 0 spiro atoms. The normalized spacial score (nSPS) is 12.8. The fourth-order valence-corrected chi connectivity index (χ4v) is 5.48. The van der Waals surface area contributed by atoms with Crippen molar-refractivity contribution in [3.63, 3.8) is 0 Å². The molecular formula is C36H47N3O2. The summed E-state index contributed by atoms with van der Waals surface area (Å²) in [6.07, 6.45) is 2.88. The van der Waals surface area contributed by atoms with E-state index < -0.39 is 6.10 Å². The Hall–Kier alpha value is -3.41. The van der Waals surface area contributed by atoms with Crippen LogP contribution in [0.15, 0.2) is 85.1 Å². The minimum atomic E-state index is -0.534. The number of H-pyrrole nitrogens is 1. The highest BCUT2D eigenvalue weighted by Crippen LogP contribution is 2.23. The molecule has 0 radical (unpaired) electrons. The van der Waals surface area contributed by atoms with Crippen molar-refractivity contribution < 1.29 is 9.90 Å². The van der Waals surface area contributed by atoms with Gasteiger partial charge in [-0.3, -0.25) is 9.69 Å². The third-order valence-electron chi connectivity index (χ3n) is 7.64. The van der Waals surface area contributed by atoms with Gasteiger partial charge in [0, 0.05) is 43.3 Å². The first-order valence-corrected chi connectivity index (χ1v) is 14.9. The molecular weight excluding hydrogens is 506 g/mol. The molecule has 1 heterocycles. The van der Waals surface area contributed by atoms with E-state index in [1.807, 2.05) is 41.3 Å². The summed E-state index contributed by atoms with van der Waals surface area (Å²) >= 11 is 0. The van der Waals surface area contributed by atoms with E-state index >= 15 is 0 Å². The maximum atomic E-state index is 13.9. The van der Waals surface area contributed by atoms with Crippen molar-refractivity contribution in [3.05, 3.63) is 107 Å². The number of benzene rings is 3. The predicted molar refractivity (Wildman–Crippen MR) is 170 cm³/mol. The van der Waals surface area contributed by atoms with Gasteiger partial charge >= 0.3 is 0 Å². The molecule has 5 heteroatoms. The van der Waals surface area contributed by atoms with Crippen molar-refractivity contribution in [1.29, 1.82) is 0 Å². The monoisotopic (exact) mass is 553 g/mol. The second-order valence-corrected chi connectivity index (χ2v) is 12.8. The number of fused-ring (bicyclic) bond motifs is 1. The van der Waals surface area contributed by atoms with Crippen LogP contribution in [0.2, 0.25) is 0 Å². The molecule has 5 nitrogen and oxygen atoms in total. The number of nitrogens with zero attached hydrogens (tertiary/aromatic N) is 2. The van der Waals surface area contributed by atoms with Crippen LogP contribution in [0.5, 0.6) is 0 Å². The fraction of sp³-hybridized carbons (Fsp3) is 0.417. The number of rotatable bonds is 13. The largest absolute Gasteiger partial charge is 0.391 e. The minimum Gasteiger partial charge on any atom is -0.391 e. The topological polar surface area (TPSA) is 59.6 Å². The molecule has 1 unspecified atom stereocenters. The highest BCUT2D eigenvalue weighted by molar-refractivity contribution is 5.83. The van der Waals surface area contributed by atoms with Crippen LogP contribution in [-0.4, -0.2) is 58.1 Å². The van der Waals surface area contributed by atoms with Crippen LogP contribution in [0.3, 0.4) is 0 Å². The Morgan fingerprint density at radius 3 is 2.24 bits per heavy atom. The molecule has 0 aliphatic rings. The lowest BCUT2D eigenvalue weighted by molar-refractivity contribution is -0.133. The van der Waals surface area contributed by atoms with Gasteiger partial charge in [-0.15, -0.1) is 0 Å². The summed E-state index contributed by atoms with van der Waals surface area (Å²) in [6, 6.07) is 27.1. The number of hydrogen-bond acceptors (Lipinski definition) is 3. The average Bonchev–Trinajstić information content (AvgIpc) is 3.34. The molecule has 0 aliphatic heterocycles. The van der Waals surface area contributed by atoms with Crippen molar-refractivity contribution in [3.8, 4) is 0 Å². The Bertz CT molecular complexity index is 1370. The molecule has 0 saturated heterocycles. The van der Waals surface area contributed by atoms with E-state index in [0.717, 1.165) is 29.6 Å². The van der Waals surface area contributed by atoms with Crippen LogP contribution >= 0.6 is 0 Å². The van der Waals surface area contributed by atoms with Crippen molar-refractivity contribution >= 4 is 16.8 Å². The first-order valence-electron chi connectivity index (χ1n) is 14.9. The summed E-state index contributed by atoms with van der Waals surface area (Å²) in [4.78, 5) is 21.4. The summed E-state index contributed by atoms with van der Waals surface area (Å²) in [5.74, 6) is 0.480. The highest BCUT2D eigenvalue weighted by atomic mass is 16.3. The quantitative estimate of drug-likeness (QED) is 0.196. The Morgan fingerprint density at radius 2 is 1.56 bits per heavy atom. The molecule has 41 heavy (non-hydrogen) atoms. The Balaban J connectivity index is 1.49. The van der Waals surface area contributed by atoms with Crippen molar-refractivity contribution in [1.82, 2.24) is 14.8 Å². The number of aromatic nitrogens is 1. The van der Waals surface area contributed by atoms with E-state index in [4.69, 9.17) is 0 Å². The fourth-order valence-electron chi connectivity index (χ4n) is 5.48. The summed E-state index contributed by atoms with van der Waals surface area (Å²) in [5, 5.41) is 12.1. The number of para-hydroxylation sites is 1. The SMILES string of the molecule is CC(C)CN(CC(=O)N(CCc1c[nH]c2ccccc12)Cc1ccc(C(C)(C)C)cc1)CC(O)Cc1ccccc1. The first-order chi connectivity index (χ1) is 19.6. The van der Waals surface area contributed by atoms with Crippen LogP contribution in [0, 0.1) is 5.92 Å². The molecule has 4 rings (SSSR count). The van der Waals surface area contributed by atoms with Gasteiger partial charge < -0.3 is 15.0 Å². The van der Waals surface area contributed by atoms with Crippen LogP contribution in [-0.2, 0) is 29.6 Å². The number of hydrogen-bond donors (Lipinski definition) is 2. The summed E-state index contributed by atoms with van der Waals surface area (Å²) in [7, 11) is 0. The zero-order valence-corrected chi connectivity index (χ0v) is 25.4. The third kappa shape index (κ3) is 9.04. The van der Waals surface area contributed by atoms with Crippen LogP contribution in [0.1, 0.15) is 56.9 Å². The molecule has 0 aliphatic carbocycles. The highest BCUT2D eigenvalue weighted by Gasteiger charge is 2.22. The summed E-state index contributed by atoms with van der Waals surface area (Å²) in [6.45, 7) is 13.7. The molecule has 1 amide bonds. The predicted octanol–water partition coefficient (Wildman–Crippen LogP) is 6.60. The summed E-state index contributed by atoms with van der Waals surface area (Å²) < 4.78 is 0. The van der Waals surface area contributed by atoms with Gasteiger partial charge in [0.1, 0.15) is 0 Å². The van der Waals surface area contributed by atoms with Crippen LogP contribution in [0.25, 0.3) is 10.9 Å². The second-order valence-electron chi connectivity index (χ2n) is 12.8. The van der Waals surface area contributed by atoms with E-state index in [2.05, 4.69) is 93.2 Å². The van der Waals surface area contributed by atoms with Gasteiger partial charge in [-0.1, -0.05) is 107 Å². The first kappa shape index (κ1) is 30.5. The Labute approximate surface area is 246 Å². The van der Waals surface area contributed by atoms with E-state index in [-0.39, 0.29) is 17.9 Å². The Morgan fingerprint density at radius 1 is 0.878 bits per heavy atom. The number of aliphatic hydroxyl groups is 1. The molecule has 218 valence electrons. The number of carbonyl (C=O) groups is 1. The molecule has 4 aromatic rings. The Kier molecular flexibility index (Phi) is 10.4.